The third-order valence-corrected chi connectivity index (χ3v) is 5.55. The van der Waals surface area contributed by atoms with Crippen molar-refractivity contribution in [1.82, 2.24) is 9.97 Å². The van der Waals surface area contributed by atoms with Crippen molar-refractivity contribution in [3.8, 4) is 0 Å². The SMILES string of the molecule is CSc1nc2cc(Cl)c(Cl)cc2nc1NCCc1ccc(Cl)cc1Cl. The summed E-state index contributed by atoms with van der Waals surface area (Å²) in [6.07, 6.45) is 2.69. The van der Waals surface area contributed by atoms with E-state index in [1.165, 1.54) is 11.8 Å². The Labute approximate surface area is 170 Å². The fourth-order valence-electron chi connectivity index (χ4n) is 2.33. The van der Waals surface area contributed by atoms with E-state index in [0.717, 1.165) is 17.0 Å². The molecule has 0 atom stereocenters. The van der Waals surface area contributed by atoms with Gasteiger partial charge in [0.25, 0.3) is 0 Å². The average Bonchev–Trinajstić information content (AvgIpc) is 2.57. The molecule has 0 spiro atoms. The number of anilines is 1. The molecule has 0 saturated heterocycles. The lowest BCUT2D eigenvalue weighted by Gasteiger charge is -2.11. The molecule has 0 aliphatic heterocycles. The summed E-state index contributed by atoms with van der Waals surface area (Å²) in [5.74, 6) is 0.712. The number of thioether (sulfide) groups is 1. The van der Waals surface area contributed by atoms with Crippen molar-refractivity contribution >= 4 is 75.0 Å². The topological polar surface area (TPSA) is 37.8 Å². The molecule has 3 aromatic rings. The van der Waals surface area contributed by atoms with Crippen LogP contribution in [0.15, 0.2) is 35.4 Å². The van der Waals surface area contributed by atoms with Gasteiger partial charge in [-0.05, 0) is 42.5 Å². The summed E-state index contributed by atoms with van der Waals surface area (Å²) in [5, 5.41) is 6.33. The van der Waals surface area contributed by atoms with Crippen molar-refractivity contribution < 1.29 is 0 Å². The number of hydrogen-bond acceptors (Lipinski definition) is 4. The van der Waals surface area contributed by atoms with E-state index < -0.39 is 0 Å². The Bertz CT molecular complexity index is 933. The first-order valence-corrected chi connectivity index (χ1v) is 10.1. The van der Waals surface area contributed by atoms with Crippen LogP contribution in [0.2, 0.25) is 20.1 Å². The van der Waals surface area contributed by atoms with Gasteiger partial charge in [-0.1, -0.05) is 52.5 Å². The fraction of sp³-hybridized carbons (Fsp3) is 0.176. The summed E-state index contributed by atoms with van der Waals surface area (Å²) in [6.45, 7) is 0.663. The molecule has 8 heteroatoms. The molecule has 0 radical (unpaired) electrons. The maximum atomic E-state index is 6.21. The lowest BCUT2D eigenvalue weighted by atomic mass is 10.1. The molecule has 1 N–H and O–H groups in total. The van der Waals surface area contributed by atoms with Crippen LogP contribution in [0.4, 0.5) is 5.82 Å². The van der Waals surface area contributed by atoms with Gasteiger partial charge in [-0.25, -0.2) is 9.97 Å². The van der Waals surface area contributed by atoms with Crippen LogP contribution >= 0.6 is 58.2 Å². The minimum absolute atomic E-state index is 0.458. The van der Waals surface area contributed by atoms with Crippen molar-refractivity contribution in [1.29, 1.82) is 0 Å². The predicted molar refractivity (Wildman–Crippen MR) is 110 cm³/mol. The highest BCUT2D eigenvalue weighted by molar-refractivity contribution is 7.98. The van der Waals surface area contributed by atoms with E-state index in [2.05, 4.69) is 15.3 Å². The number of hydrogen-bond donors (Lipinski definition) is 1. The van der Waals surface area contributed by atoms with Crippen molar-refractivity contribution in [2.24, 2.45) is 0 Å². The molecule has 1 heterocycles. The molecule has 1 aromatic heterocycles. The summed E-state index contributed by atoms with van der Waals surface area (Å²) in [7, 11) is 0. The molecule has 130 valence electrons. The number of aromatic nitrogens is 2. The number of nitrogens with one attached hydrogen (secondary N) is 1. The second-order valence-corrected chi connectivity index (χ2v) is 7.70. The lowest BCUT2D eigenvalue weighted by Crippen LogP contribution is -2.08. The molecule has 0 saturated carbocycles. The molecule has 3 nitrogen and oxygen atoms in total. The van der Waals surface area contributed by atoms with Crippen molar-refractivity contribution in [2.75, 3.05) is 18.1 Å². The highest BCUT2D eigenvalue weighted by atomic mass is 35.5. The van der Waals surface area contributed by atoms with Crippen LogP contribution in [0.3, 0.4) is 0 Å². The summed E-state index contributed by atoms with van der Waals surface area (Å²) >= 11 is 25.8. The zero-order valence-corrected chi connectivity index (χ0v) is 17.0. The van der Waals surface area contributed by atoms with Crippen molar-refractivity contribution in [3.63, 3.8) is 0 Å². The van der Waals surface area contributed by atoms with Gasteiger partial charge in [0.2, 0.25) is 0 Å². The quantitative estimate of drug-likeness (QED) is 0.459. The summed E-state index contributed by atoms with van der Waals surface area (Å²) in [6, 6.07) is 8.95. The Morgan fingerprint density at radius 2 is 1.60 bits per heavy atom. The molecule has 0 unspecified atom stereocenters. The van der Waals surface area contributed by atoms with E-state index in [-0.39, 0.29) is 0 Å². The Hall–Kier alpha value is -0.910. The molecule has 0 aliphatic carbocycles. The van der Waals surface area contributed by atoms with Gasteiger partial charge < -0.3 is 5.32 Å². The molecule has 2 aromatic carbocycles. The molecular formula is C17H13Cl4N3S. The van der Waals surface area contributed by atoms with Gasteiger partial charge in [0.15, 0.2) is 5.82 Å². The van der Waals surface area contributed by atoms with Crippen LogP contribution < -0.4 is 5.32 Å². The second kappa shape index (κ2) is 8.19. The molecule has 25 heavy (non-hydrogen) atoms. The van der Waals surface area contributed by atoms with E-state index >= 15 is 0 Å². The molecular weight excluding hydrogens is 420 g/mol. The molecule has 0 aliphatic rings. The molecule has 0 bridgehead atoms. The van der Waals surface area contributed by atoms with Gasteiger partial charge in [0, 0.05) is 16.6 Å². The monoisotopic (exact) mass is 431 g/mol. The zero-order valence-electron chi connectivity index (χ0n) is 13.1. The van der Waals surface area contributed by atoms with Gasteiger partial charge in [-0.3, -0.25) is 0 Å². The number of rotatable bonds is 5. The third kappa shape index (κ3) is 4.44. The van der Waals surface area contributed by atoms with Gasteiger partial charge >= 0.3 is 0 Å². The fourth-order valence-corrected chi connectivity index (χ4v) is 3.65. The lowest BCUT2D eigenvalue weighted by molar-refractivity contribution is 0.984. The zero-order chi connectivity index (χ0) is 18.0. The first-order valence-electron chi connectivity index (χ1n) is 7.36. The van der Waals surface area contributed by atoms with Gasteiger partial charge in [0.1, 0.15) is 5.03 Å². The minimum atomic E-state index is 0.458. The number of halogens is 4. The van der Waals surface area contributed by atoms with E-state index in [1.807, 2.05) is 18.4 Å². The summed E-state index contributed by atoms with van der Waals surface area (Å²) < 4.78 is 0. The van der Waals surface area contributed by atoms with Crippen molar-refractivity contribution in [3.05, 3.63) is 56.0 Å². The van der Waals surface area contributed by atoms with E-state index in [1.54, 1.807) is 18.2 Å². The van der Waals surface area contributed by atoms with Crippen LogP contribution in [0.5, 0.6) is 0 Å². The smallest absolute Gasteiger partial charge is 0.159 e. The highest BCUT2D eigenvalue weighted by Crippen LogP contribution is 2.30. The van der Waals surface area contributed by atoms with Crippen LogP contribution in [-0.2, 0) is 6.42 Å². The standard InChI is InChI=1S/C17H13Cl4N3S/c1-25-17-16(22-5-4-9-2-3-10(18)6-11(9)19)23-14-7-12(20)13(21)8-15(14)24-17/h2-3,6-8H,4-5H2,1H3,(H,22,23). The molecule has 0 amide bonds. The van der Waals surface area contributed by atoms with Crippen LogP contribution in [0, 0.1) is 0 Å². The second-order valence-electron chi connectivity index (χ2n) is 5.25. The van der Waals surface area contributed by atoms with Gasteiger partial charge in [-0.15, -0.1) is 11.8 Å². The van der Waals surface area contributed by atoms with E-state index in [0.29, 0.717) is 43.5 Å². The van der Waals surface area contributed by atoms with Gasteiger partial charge in [0.05, 0.1) is 21.1 Å². The normalized spacial score (nSPS) is 11.1. The van der Waals surface area contributed by atoms with E-state index in [4.69, 9.17) is 46.4 Å². The first kappa shape index (κ1) is 18.9. The van der Waals surface area contributed by atoms with Crippen LogP contribution in [0.1, 0.15) is 5.56 Å². The summed E-state index contributed by atoms with van der Waals surface area (Å²) in [4.78, 5) is 9.23. The van der Waals surface area contributed by atoms with Crippen LogP contribution in [-0.4, -0.2) is 22.8 Å². The van der Waals surface area contributed by atoms with E-state index in [9.17, 15) is 0 Å². The summed E-state index contributed by atoms with van der Waals surface area (Å²) in [5.41, 5.74) is 2.43. The maximum absolute atomic E-state index is 6.21. The molecule has 3 rings (SSSR count). The predicted octanol–water partition coefficient (Wildman–Crippen LogP) is 6.62. The third-order valence-electron chi connectivity index (χ3n) is 3.57. The highest BCUT2D eigenvalue weighted by Gasteiger charge is 2.11. The number of nitrogens with zero attached hydrogens (tertiary/aromatic N) is 2. The maximum Gasteiger partial charge on any atom is 0.159 e. The largest absolute Gasteiger partial charge is 0.367 e. The van der Waals surface area contributed by atoms with Gasteiger partial charge in [-0.2, -0.15) is 0 Å². The first-order chi connectivity index (χ1) is 12.0. The Morgan fingerprint density at radius 3 is 2.24 bits per heavy atom. The minimum Gasteiger partial charge on any atom is -0.367 e. The average molecular weight is 433 g/mol. The Kier molecular flexibility index (Phi) is 6.18. The number of fused-ring (bicyclic) bond motifs is 1. The van der Waals surface area contributed by atoms with Crippen LogP contribution in [0.25, 0.3) is 11.0 Å². The molecule has 0 fully saturated rings. The Morgan fingerprint density at radius 1 is 0.920 bits per heavy atom. The number of benzene rings is 2. The van der Waals surface area contributed by atoms with Crippen molar-refractivity contribution in [2.45, 2.75) is 11.4 Å². The Balaban J connectivity index is 1.81.